The van der Waals surface area contributed by atoms with Gasteiger partial charge in [-0.15, -0.1) is 12.4 Å². The Hall–Kier alpha value is -0.350. The van der Waals surface area contributed by atoms with Gasteiger partial charge in [-0.25, -0.2) is 4.39 Å². The third-order valence-corrected chi connectivity index (χ3v) is 1.87. The summed E-state index contributed by atoms with van der Waals surface area (Å²) < 4.78 is 13.1. The molecule has 0 fully saturated rings. The van der Waals surface area contributed by atoms with E-state index in [2.05, 4.69) is 0 Å². The van der Waals surface area contributed by atoms with Crippen LogP contribution in [0.5, 0.6) is 0 Å². The van der Waals surface area contributed by atoms with Gasteiger partial charge in [0.15, 0.2) is 0 Å². The Balaban J connectivity index is 0.00000144. The second kappa shape index (κ2) is 5.40. The molecule has 0 spiro atoms. The number of aliphatic hydroxyl groups is 1. The molecule has 0 saturated heterocycles. The maximum Gasteiger partial charge on any atom is 0.146 e. The maximum atomic E-state index is 13.1. The van der Waals surface area contributed by atoms with E-state index in [9.17, 15) is 4.39 Å². The fourth-order valence-corrected chi connectivity index (χ4v) is 1.09. The molecule has 0 bridgehead atoms. The second-order valence-corrected chi connectivity index (χ2v) is 2.84. The summed E-state index contributed by atoms with van der Waals surface area (Å²) in [5.74, 6) is -0.555. The van der Waals surface area contributed by atoms with Crippen molar-refractivity contribution in [2.24, 2.45) is 5.73 Å². The molecule has 1 unspecified atom stereocenters. The minimum Gasteiger partial charge on any atom is -0.394 e. The number of rotatable bonds is 2. The first-order chi connectivity index (χ1) is 5.66. The van der Waals surface area contributed by atoms with Crippen molar-refractivity contribution in [3.8, 4) is 0 Å². The van der Waals surface area contributed by atoms with E-state index >= 15 is 0 Å². The van der Waals surface area contributed by atoms with Gasteiger partial charge >= 0.3 is 0 Å². The molecule has 1 atom stereocenters. The fraction of sp³-hybridized carbons (Fsp3) is 0.250. The molecule has 0 aliphatic rings. The standard InChI is InChI=1S/C8H9ClFNO.ClH/c9-6-3-1-2-5(8(6)10)7(11)4-12;/h1-3,7,12H,4,11H2;1H. The first-order valence-corrected chi connectivity index (χ1v) is 3.85. The maximum absolute atomic E-state index is 13.1. The van der Waals surface area contributed by atoms with Gasteiger partial charge in [-0.05, 0) is 6.07 Å². The zero-order chi connectivity index (χ0) is 9.14. The fourth-order valence-electron chi connectivity index (χ4n) is 0.905. The van der Waals surface area contributed by atoms with Crippen molar-refractivity contribution in [2.45, 2.75) is 6.04 Å². The van der Waals surface area contributed by atoms with E-state index in [1.54, 1.807) is 6.07 Å². The van der Waals surface area contributed by atoms with Crippen LogP contribution in [0.4, 0.5) is 4.39 Å². The lowest BCUT2D eigenvalue weighted by Gasteiger charge is -2.09. The van der Waals surface area contributed by atoms with Crippen molar-refractivity contribution < 1.29 is 9.50 Å². The normalized spacial score (nSPS) is 12.0. The average Bonchev–Trinajstić information content (AvgIpc) is 2.08. The Morgan fingerprint density at radius 1 is 1.54 bits per heavy atom. The smallest absolute Gasteiger partial charge is 0.146 e. The molecule has 0 heterocycles. The first-order valence-electron chi connectivity index (χ1n) is 3.47. The molecule has 1 rings (SSSR count). The predicted octanol–water partition coefficient (Wildman–Crippen LogP) is 1.89. The monoisotopic (exact) mass is 225 g/mol. The van der Waals surface area contributed by atoms with Crippen molar-refractivity contribution in [1.29, 1.82) is 0 Å². The summed E-state index contributed by atoms with van der Waals surface area (Å²) in [6, 6.07) is 3.83. The first kappa shape index (κ1) is 12.7. The largest absolute Gasteiger partial charge is 0.394 e. The van der Waals surface area contributed by atoms with Gasteiger partial charge in [0.25, 0.3) is 0 Å². The molecule has 2 nitrogen and oxygen atoms in total. The third-order valence-electron chi connectivity index (χ3n) is 1.58. The minimum atomic E-state index is -0.705. The van der Waals surface area contributed by atoms with Crippen LogP contribution in [0.15, 0.2) is 18.2 Å². The van der Waals surface area contributed by atoms with Crippen molar-refractivity contribution in [3.63, 3.8) is 0 Å². The van der Waals surface area contributed by atoms with Gasteiger partial charge in [-0.1, -0.05) is 23.7 Å². The molecule has 0 radical (unpaired) electrons. The highest BCUT2D eigenvalue weighted by molar-refractivity contribution is 6.30. The lowest BCUT2D eigenvalue weighted by Crippen LogP contribution is -2.16. The summed E-state index contributed by atoms with van der Waals surface area (Å²) in [4.78, 5) is 0. The highest BCUT2D eigenvalue weighted by atomic mass is 35.5. The minimum absolute atomic E-state index is 0. The number of nitrogens with two attached hydrogens (primary N) is 1. The van der Waals surface area contributed by atoms with Gasteiger partial charge in [0, 0.05) is 5.56 Å². The van der Waals surface area contributed by atoms with Crippen LogP contribution in [0.25, 0.3) is 0 Å². The molecule has 0 aromatic heterocycles. The molecule has 3 N–H and O–H groups in total. The summed E-state index contributed by atoms with van der Waals surface area (Å²) in [6.07, 6.45) is 0. The van der Waals surface area contributed by atoms with Crippen LogP contribution >= 0.6 is 24.0 Å². The van der Waals surface area contributed by atoms with Crippen LogP contribution in [-0.4, -0.2) is 11.7 Å². The number of halogens is 3. The molecule has 0 aliphatic carbocycles. The average molecular weight is 226 g/mol. The van der Waals surface area contributed by atoms with E-state index in [4.69, 9.17) is 22.4 Å². The van der Waals surface area contributed by atoms with Crippen molar-refractivity contribution in [1.82, 2.24) is 0 Å². The zero-order valence-corrected chi connectivity index (χ0v) is 8.28. The lowest BCUT2D eigenvalue weighted by atomic mass is 10.1. The number of benzene rings is 1. The van der Waals surface area contributed by atoms with E-state index in [-0.39, 0.29) is 29.6 Å². The molecule has 5 heteroatoms. The summed E-state index contributed by atoms with van der Waals surface area (Å²) in [7, 11) is 0. The highest BCUT2D eigenvalue weighted by Gasteiger charge is 2.11. The van der Waals surface area contributed by atoms with Gasteiger partial charge in [-0.2, -0.15) is 0 Å². The van der Waals surface area contributed by atoms with Crippen LogP contribution in [0.2, 0.25) is 5.02 Å². The van der Waals surface area contributed by atoms with Crippen molar-refractivity contribution in [3.05, 3.63) is 34.6 Å². The van der Waals surface area contributed by atoms with Crippen LogP contribution < -0.4 is 5.73 Å². The molecule has 74 valence electrons. The summed E-state index contributed by atoms with van der Waals surface area (Å²) in [6.45, 7) is -0.294. The van der Waals surface area contributed by atoms with Crippen LogP contribution in [0.1, 0.15) is 11.6 Å². The zero-order valence-electron chi connectivity index (χ0n) is 6.71. The second-order valence-electron chi connectivity index (χ2n) is 2.43. The van der Waals surface area contributed by atoms with Crippen molar-refractivity contribution in [2.75, 3.05) is 6.61 Å². The molecule has 0 amide bonds. The topological polar surface area (TPSA) is 46.2 Å². The van der Waals surface area contributed by atoms with E-state index < -0.39 is 11.9 Å². The Kier molecular flexibility index (Phi) is 5.25. The van der Waals surface area contributed by atoms with E-state index in [1.165, 1.54) is 12.1 Å². The van der Waals surface area contributed by atoms with Gasteiger partial charge in [0.1, 0.15) is 5.82 Å². The quantitative estimate of drug-likeness (QED) is 0.808. The highest BCUT2D eigenvalue weighted by Crippen LogP contribution is 2.21. The summed E-state index contributed by atoms with van der Waals surface area (Å²) in [5, 5.41) is 8.69. The third kappa shape index (κ3) is 2.81. The molecule has 13 heavy (non-hydrogen) atoms. The summed E-state index contributed by atoms with van der Waals surface area (Å²) in [5.41, 5.74) is 5.66. The number of hydrogen-bond donors (Lipinski definition) is 2. The molecule has 0 saturated carbocycles. The van der Waals surface area contributed by atoms with Gasteiger partial charge in [0.05, 0.1) is 17.7 Å². The van der Waals surface area contributed by atoms with Crippen LogP contribution in [0, 0.1) is 5.82 Å². The van der Waals surface area contributed by atoms with Gasteiger partial charge < -0.3 is 10.8 Å². The predicted molar refractivity (Wildman–Crippen MR) is 52.7 cm³/mol. The van der Waals surface area contributed by atoms with E-state index in [1.807, 2.05) is 0 Å². The van der Waals surface area contributed by atoms with Crippen LogP contribution in [0.3, 0.4) is 0 Å². The lowest BCUT2D eigenvalue weighted by molar-refractivity contribution is 0.265. The molecular weight excluding hydrogens is 216 g/mol. The molecule has 1 aromatic carbocycles. The Bertz CT molecular complexity index is 283. The van der Waals surface area contributed by atoms with Crippen LogP contribution in [-0.2, 0) is 0 Å². The van der Waals surface area contributed by atoms with E-state index in [0.717, 1.165) is 0 Å². The van der Waals surface area contributed by atoms with E-state index in [0.29, 0.717) is 0 Å². The Morgan fingerprint density at radius 2 is 2.15 bits per heavy atom. The van der Waals surface area contributed by atoms with Gasteiger partial charge in [-0.3, -0.25) is 0 Å². The Morgan fingerprint density at radius 3 is 2.69 bits per heavy atom. The molecular formula is C8H10Cl2FNO. The van der Waals surface area contributed by atoms with Gasteiger partial charge in [0.2, 0.25) is 0 Å². The molecule has 1 aromatic rings. The number of hydrogen-bond acceptors (Lipinski definition) is 2. The Labute approximate surface area is 86.9 Å². The number of aliphatic hydroxyl groups excluding tert-OH is 1. The van der Waals surface area contributed by atoms with Crippen molar-refractivity contribution >= 4 is 24.0 Å². The summed E-state index contributed by atoms with van der Waals surface area (Å²) >= 11 is 5.50. The SMILES string of the molecule is Cl.NC(CO)c1cccc(Cl)c1F. The molecule has 0 aliphatic heterocycles.